The number of hydrogen-bond donors (Lipinski definition) is 0. The van der Waals surface area contributed by atoms with Gasteiger partial charge in [0.2, 0.25) is 11.8 Å². The Labute approximate surface area is 256 Å². The van der Waals surface area contributed by atoms with Crippen LogP contribution in [0.2, 0.25) is 0 Å². The Kier molecular flexibility index (Phi) is 8.30. The summed E-state index contributed by atoms with van der Waals surface area (Å²) in [6.45, 7) is 3.77. The van der Waals surface area contributed by atoms with Gasteiger partial charge in [-0.25, -0.2) is 10.0 Å². The van der Waals surface area contributed by atoms with Crippen molar-refractivity contribution in [3.63, 3.8) is 0 Å². The molecule has 0 saturated carbocycles. The first-order valence-electron chi connectivity index (χ1n) is 13.7. The Bertz CT molecular complexity index is 2050. The second-order valence-electron chi connectivity index (χ2n) is 10.7. The van der Waals surface area contributed by atoms with E-state index in [-0.39, 0.29) is 30.2 Å². The van der Waals surface area contributed by atoms with Gasteiger partial charge in [0.25, 0.3) is 0 Å². The van der Waals surface area contributed by atoms with Gasteiger partial charge in [-0.05, 0) is 49.7 Å². The number of anilines is 1. The lowest BCUT2D eigenvalue weighted by Gasteiger charge is -2.22. The summed E-state index contributed by atoms with van der Waals surface area (Å²) in [4.78, 5) is 22.6. The highest BCUT2D eigenvalue weighted by molar-refractivity contribution is 6.04. The van der Waals surface area contributed by atoms with Crippen LogP contribution < -0.4 is 10.7 Å². The highest BCUT2D eigenvalue weighted by Gasteiger charge is 2.36. The summed E-state index contributed by atoms with van der Waals surface area (Å²) in [6, 6.07) is 11.9. The van der Waals surface area contributed by atoms with Crippen LogP contribution in [0.1, 0.15) is 25.1 Å². The minimum absolute atomic E-state index is 0.0485. The van der Waals surface area contributed by atoms with Gasteiger partial charge in [-0.3, -0.25) is 19.4 Å². The van der Waals surface area contributed by atoms with Crippen molar-refractivity contribution in [2.45, 2.75) is 25.4 Å². The lowest BCUT2D eigenvalue weighted by molar-refractivity contribution is -0.137. The summed E-state index contributed by atoms with van der Waals surface area (Å²) in [5.74, 6) is -0.383. The maximum absolute atomic E-state index is 14.2. The maximum atomic E-state index is 14.2. The minimum atomic E-state index is -4.71. The molecule has 0 aliphatic carbocycles. The highest BCUT2D eigenvalue weighted by atomic mass is 19.4. The molecule has 1 aromatic carbocycles. The first-order valence-corrected chi connectivity index (χ1v) is 13.7. The molecule has 14 heteroatoms. The molecule has 11 nitrogen and oxygen atoms in total. The highest BCUT2D eigenvalue weighted by Crippen LogP contribution is 2.38. The van der Waals surface area contributed by atoms with Crippen molar-refractivity contribution in [1.29, 1.82) is 10.5 Å². The van der Waals surface area contributed by atoms with E-state index in [1.807, 2.05) is 6.19 Å². The predicted octanol–water partition coefficient (Wildman–Crippen LogP) is 5.19. The van der Waals surface area contributed by atoms with E-state index in [2.05, 4.69) is 26.0 Å². The molecule has 4 heterocycles. The number of imidazole rings is 1. The number of nitrogens with zero attached hydrogens (tertiary/aromatic N) is 9. The number of hydroxylamine groups is 1. The summed E-state index contributed by atoms with van der Waals surface area (Å²) >= 11 is 0. The fourth-order valence-electron chi connectivity index (χ4n) is 4.94. The molecular weight excluding hydrogens is 587 g/mol. The van der Waals surface area contributed by atoms with Crippen molar-refractivity contribution in [2.24, 2.45) is 12.0 Å². The van der Waals surface area contributed by atoms with E-state index in [0.29, 0.717) is 38.9 Å². The Morgan fingerprint density at radius 2 is 1.76 bits per heavy atom. The second-order valence-corrected chi connectivity index (χ2v) is 10.7. The van der Waals surface area contributed by atoms with Crippen LogP contribution in [0.3, 0.4) is 0 Å². The van der Waals surface area contributed by atoms with Crippen LogP contribution in [-0.4, -0.2) is 51.5 Å². The third-order valence-electron chi connectivity index (χ3n) is 7.36. The van der Waals surface area contributed by atoms with Gasteiger partial charge in [0, 0.05) is 38.4 Å². The predicted molar refractivity (Wildman–Crippen MR) is 160 cm³/mol. The molecule has 0 fully saturated rings. The van der Waals surface area contributed by atoms with Crippen LogP contribution in [0.25, 0.3) is 38.8 Å². The number of nitriles is 2. The number of ether oxygens (including phenoxy) is 1. The zero-order valence-corrected chi connectivity index (χ0v) is 25.1. The molecule has 5 aromatic rings. The Balaban J connectivity index is 1.72. The first kappa shape index (κ1) is 31.1. The third kappa shape index (κ3) is 5.81. The number of hydrogen-bond acceptors (Lipinski definition) is 9. The van der Waals surface area contributed by atoms with E-state index in [1.165, 1.54) is 20.4 Å². The number of aromatic nitrogens is 5. The van der Waals surface area contributed by atoms with Crippen molar-refractivity contribution in [3.8, 4) is 29.1 Å². The molecule has 0 amide bonds. The number of fused-ring (bicyclic) bond motifs is 3. The SMILES string of the molecule is COCCON(C)c1ncc(-c2ccc3ncc4c(c3c2)n(-c2ccc(C(C)(C)C#N)nc2)c(=NC#N)n4C)cc1C(F)(F)F. The standard InChI is InChI=1S/C31H28F3N9O2/c1-30(2,17-35)26-9-7-21(15-38-26)43-27-22-12-19(6-8-24(22)37-16-25(27)41(3)29(43)40-18-36)20-13-23(31(32,33)34)28(39-14-20)42(4)45-11-10-44-5/h6-9,12-16H,10-11H2,1-5H3. The van der Waals surface area contributed by atoms with Gasteiger partial charge in [-0.1, -0.05) is 6.07 Å². The normalized spacial score (nSPS) is 12.4. The summed E-state index contributed by atoms with van der Waals surface area (Å²) < 4.78 is 51.0. The molecule has 0 bridgehead atoms. The van der Waals surface area contributed by atoms with Gasteiger partial charge in [0.15, 0.2) is 5.82 Å². The fourth-order valence-corrected chi connectivity index (χ4v) is 4.94. The van der Waals surface area contributed by atoms with E-state index < -0.39 is 17.2 Å². The Hall–Kier alpha value is -5.31. The largest absolute Gasteiger partial charge is 0.420 e. The van der Waals surface area contributed by atoms with Crippen LogP contribution in [0.4, 0.5) is 19.0 Å². The zero-order chi connectivity index (χ0) is 32.5. The number of methoxy groups -OCH3 is 1. The Morgan fingerprint density at radius 3 is 2.40 bits per heavy atom. The Morgan fingerprint density at radius 1 is 0.978 bits per heavy atom. The fraction of sp³-hybridized carbons (Fsp3) is 0.290. The zero-order valence-electron chi connectivity index (χ0n) is 25.1. The smallest absolute Gasteiger partial charge is 0.382 e. The number of alkyl halides is 3. The van der Waals surface area contributed by atoms with Crippen LogP contribution in [-0.2, 0) is 28.2 Å². The van der Waals surface area contributed by atoms with Crippen molar-refractivity contribution in [3.05, 3.63) is 71.9 Å². The molecule has 0 unspecified atom stereocenters. The van der Waals surface area contributed by atoms with Gasteiger partial charge in [-0.2, -0.15) is 23.7 Å². The van der Waals surface area contributed by atoms with Crippen molar-refractivity contribution in [1.82, 2.24) is 24.1 Å². The summed E-state index contributed by atoms with van der Waals surface area (Å²) in [6.07, 6.45) is 1.71. The quantitative estimate of drug-likeness (QED) is 0.132. The van der Waals surface area contributed by atoms with Crippen LogP contribution >= 0.6 is 0 Å². The average molecular weight is 616 g/mol. The molecule has 45 heavy (non-hydrogen) atoms. The number of aryl methyl sites for hydroxylation is 1. The molecule has 0 N–H and O–H groups in total. The lowest BCUT2D eigenvalue weighted by Crippen LogP contribution is -2.24. The van der Waals surface area contributed by atoms with Gasteiger partial charge in [0.05, 0.1) is 65.0 Å². The molecule has 0 aliphatic rings. The van der Waals surface area contributed by atoms with E-state index >= 15 is 0 Å². The third-order valence-corrected chi connectivity index (χ3v) is 7.36. The monoisotopic (exact) mass is 615 g/mol. The number of pyridine rings is 3. The van der Waals surface area contributed by atoms with E-state index in [9.17, 15) is 23.7 Å². The summed E-state index contributed by atoms with van der Waals surface area (Å²) in [7, 11) is 4.55. The summed E-state index contributed by atoms with van der Waals surface area (Å²) in [5.41, 5.74) is 2.10. The molecule has 0 radical (unpaired) electrons. The van der Waals surface area contributed by atoms with Gasteiger partial charge < -0.3 is 9.30 Å². The molecule has 0 aliphatic heterocycles. The van der Waals surface area contributed by atoms with E-state index in [0.717, 1.165) is 11.1 Å². The number of halogens is 3. The maximum Gasteiger partial charge on any atom is 0.420 e. The van der Waals surface area contributed by atoms with Crippen LogP contribution in [0.5, 0.6) is 0 Å². The molecule has 230 valence electrons. The molecule has 0 atom stereocenters. The molecule has 0 saturated heterocycles. The van der Waals surface area contributed by atoms with Crippen molar-refractivity contribution < 1.29 is 22.7 Å². The topological polar surface area (TPSA) is 130 Å². The number of benzene rings is 1. The van der Waals surface area contributed by atoms with Gasteiger partial charge in [0.1, 0.15) is 5.56 Å². The van der Waals surface area contributed by atoms with Gasteiger partial charge in [-0.15, -0.1) is 4.99 Å². The summed E-state index contributed by atoms with van der Waals surface area (Å²) in [5, 5.41) is 20.6. The van der Waals surface area contributed by atoms with Crippen molar-refractivity contribution >= 4 is 27.8 Å². The molecule has 0 spiro atoms. The molecule has 4 aromatic heterocycles. The lowest BCUT2D eigenvalue weighted by atomic mass is 9.91. The van der Waals surface area contributed by atoms with Crippen LogP contribution in [0.15, 0.2) is 60.0 Å². The first-order chi connectivity index (χ1) is 21.4. The van der Waals surface area contributed by atoms with E-state index in [4.69, 9.17) is 9.57 Å². The molecule has 5 rings (SSSR count). The second kappa shape index (κ2) is 12.0. The van der Waals surface area contributed by atoms with Gasteiger partial charge >= 0.3 is 6.18 Å². The van der Waals surface area contributed by atoms with E-state index in [1.54, 1.807) is 72.8 Å². The van der Waals surface area contributed by atoms with Crippen LogP contribution in [0, 0.1) is 22.8 Å². The average Bonchev–Trinajstić information content (AvgIpc) is 3.31. The van der Waals surface area contributed by atoms with Crippen molar-refractivity contribution in [2.75, 3.05) is 32.4 Å². The molecular formula is C31H28F3N9O2. The minimum Gasteiger partial charge on any atom is -0.382 e. The number of rotatable bonds is 8.